The maximum absolute atomic E-state index is 12.7. The Morgan fingerprint density at radius 3 is 2.56 bits per heavy atom. The van der Waals surface area contributed by atoms with Crippen LogP contribution in [0.1, 0.15) is 17.5 Å². The molecule has 4 nitrogen and oxygen atoms in total. The lowest BCUT2D eigenvalue weighted by Gasteiger charge is -1.97. The Labute approximate surface area is 90.9 Å². The molecule has 1 heterocycles. The summed E-state index contributed by atoms with van der Waals surface area (Å²) in [6.45, 7) is 1.35. The van der Waals surface area contributed by atoms with E-state index in [1.807, 2.05) is 0 Å². The fourth-order valence-corrected chi connectivity index (χ4v) is 1.38. The molecule has 0 spiro atoms. The predicted molar refractivity (Wildman–Crippen MR) is 56.3 cm³/mol. The minimum absolute atomic E-state index is 0.0791. The highest BCUT2D eigenvalue weighted by molar-refractivity contribution is 5.97. The van der Waals surface area contributed by atoms with Gasteiger partial charge in [0, 0.05) is 12.5 Å². The molecule has 0 saturated heterocycles. The van der Waals surface area contributed by atoms with Crippen molar-refractivity contribution in [3.63, 3.8) is 0 Å². The van der Waals surface area contributed by atoms with Crippen molar-refractivity contribution < 1.29 is 13.6 Å². The number of nitrogens with zero attached hydrogens (tertiary/aromatic N) is 1. The molecule has 1 aromatic heterocycles. The van der Waals surface area contributed by atoms with E-state index in [1.54, 1.807) is 0 Å². The molecule has 2 rings (SSSR count). The quantitative estimate of drug-likeness (QED) is 0.788. The summed E-state index contributed by atoms with van der Waals surface area (Å²) in [7, 11) is 0. The molecule has 0 unspecified atom stereocenters. The minimum Gasteiger partial charge on any atom is -0.420 e. The predicted octanol–water partition coefficient (Wildman–Crippen LogP) is 2.27. The van der Waals surface area contributed by atoms with Gasteiger partial charge in [-0.05, 0) is 24.3 Å². The Bertz CT molecular complexity index is 531. The number of hydrogen-bond acceptors (Lipinski definition) is 4. The molecule has 0 aliphatic heterocycles. The van der Waals surface area contributed by atoms with Gasteiger partial charge in [-0.3, -0.25) is 4.79 Å². The number of carbonyl (C=O) groups is 1. The molecule has 2 N–H and O–H groups in total. The zero-order valence-corrected chi connectivity index (χ0v) is 8.53. The van der Waals surface area contributed by atoms with Gasteiger partial charge in [-0.2, -0.15) is 4.98 Å². The van der Waals surface area contributed by atoms with Crippen LogP contribution in [0.15, 0.2) is 28.7 Å². The van der Waals surface area contributed by atoms with E-state index >= 15 is 0 Å². The molecule has 5 heteroatoms. The number of anilines is 1. The van der Waals surface area contributed by atoms with E-state index in [0.717, 1.165) is 0 Å². The second-order valence-electron chi connectivity index (χ2n) is 3.29. The first-order chi connectivity index (χ1) is 7.58. The summed E-state index contributed by atoms with van der Waals surface area (Å²) in [6, 6.07) is 5.51. The van der Waals surface area contributed by atoms with Crippen LogP contribution in [0, 0.1) is 5.82 Å². The molecular weight excluding hydrogens is 211 g/mol. The lowest BCUT2D eigenvalue weighted by atomic mass is 10.1. The number of ketones is 1. The van der Waals surface area contributed by atoms with E-state index in [0.29, 0.717) is 11.3 Å². The molecule has 1 aromatic carbocycles. The zero-order valence-electron chi connectivity index (χ0n) is 8.53. The monoisotopic (exact) mass is 220 g/mol. The maximum Gasteiger partial charge on any atom is 0.293 e. The number of oxazole rings is 1. The fraction of sp³-hybridized carbons (Fsp3) is 0.0909. The van der Waals surface area contributed by atoms with Crippen LogP contribution in [0.3, 0.4) is 0 Å². The summed E-state index contributed by atoms with van der Waals surface area (Å²) in [5.74, 6) is -0.544. The van der Waals surface area contributed by atoms with Crippen molar-refractivity contribution >= 4 is 11.8 Å². The summed E-state index contributed by atoms with van der Waals surface area (Å²) in [5.41, 5.74) is 6.31. The molecule has 0 bridgehead atoms. The lowest BCUT2D eigenvalue weighted by Crippen LogP contribution is -1.92. The van der Waals surface area contributed by atoms with Gasteiger partial charge in [0.1, 0.15) is 11.5 Å². The van der Waals surface area contributed by atoms with E-state index in [1.165, 1.54) is 31.2 Å². The molecule has 16 heavy (non-hydrogen) atoms. The molecule has 0 saturated carbocycles. The second kappa shape index (κ2) is 3.77. The summed E-state index contributed by atoms with van der Waals surface area (Å²) < 4.78 is 17.7. The highest BCUT2D eigenvalue weighted by Gasteiger charge is 2.17. The first-order valence-corrected chi connectivity index (χ1v) is 4.61. The molecule has 2 aromatic rings. The lowest BCUT2D eigenvalue weighted by molar-refractivity contribution is 0.0989. The Balaban J connectivity index is 2.55. The molecule has 0 fully saturated rings. The molecule has 0 aliphatic carbocycles. The molecule has 82 valence electrons. The number of carbonyl (C=O) groups excluding carboxylic acids is 1. The zero-order chi connectivity index (χ0) is 11.7. The van der Waals surface area contributed by atoms with E-state index in [-0.39, 0.29) is 23.4 Å². The Hall–Kier alpha value is -2.17. The standard InChI is InChI=1S/C11H9FN2O2/c1-6(15)10-9(14-11(13)16-10)7-2-4-8(12)5-3-7/h2-5H,1H3,(H2,13,14). The van der Waals surface area contributed by atoms with Crippen LogP contribution in [-0.4, -0.2) is 10.8 Å². The fourth-order valence-electron chi connectivity index (χ4n) is 1.38. The van der Waals surface area contributed by atoms with Crippen molar-refractivity contribution in [1.82, 2.24) is 4.98 Å². The summed E-state index contributed by atoms with van der Waals surface area (Å²) >= 11 is 0. The van der Waals surface area contributed by atoms with Crippen molar-refractivity contribution in [3.8, 4) is 11.3 Å². The number of nitrogens with two attached hydrogens (primary N) is 1. The topological polar surface area (TPSA) is 69.1 Å². The van der Waals surface area contributed by atoms with Crippen LogP contribution in [0.5, 0.6) is 0 Å². The van der Waals surface area contributed by atoms with Gasteiger partial charge in [-0.1, -0.05) is 0 Å². The van der Waals surface area contributed by atoms with E-state index < -0.39 is 0 Å². The molecular formula is C11H9FN2O2. The van der Waals surface area contributed by atoms with Crippen molar-refractivity contribution in [2.45, 2.75) is 6.92 Å². The number of nitrogen functional groups attached to an aromatic ring is 1. The first kappa shape index (κ1) is 10.4. The van der Waals surface area contributed by atoms with Crippen LogP contribution < -0.4 is 5.73 Å². The van der Waals surface area contributed by atoms with E-state index in [9.17, 15) is 9.18 Å². The third kappa shape index (κ3) is 1.79. The van der Waals surface area contributed by atoms with E-state index in [4.69, 9.17) is 10.2 Å². The first-order valence-electron chi connectivity index (χ1n) is 4.61. The van der Waals surface area contributed by atoms with Crippen LogP contribution >= 0.6 is 0 Å². The maximum atomic E-state index is 12.7. The van der Waals surface area contributed by atoms with Crippen molar-refractivity contribution in [2.24, 2.45) is 0 Å². The largest absolute Gasteiger partial charge is 0.420 e. The van der Waals surface area contributed by atoms with Gasteiger partial charge in [-0.25, -0.2) is 4.39 Å². The Kier molecular flexibility index (Phi) is 2.44. The summed E-state index contributed by atoms with van der Waals surface area (Å²) in [4.78, 5) is 15.2. The summed E-state index contributed by atoms with van der Waals surface area (Å²) in [6.07, 6.45) is 0. The Morgan fingerprint density at radius 1 is 1.38 bits per heavy atom. The van der Waals surface area contributed by atoms with Crippen molar-refractivity contribution in [2.75, 3.05) is 5.73 Å². The normalized spacial score (nSPS) is 10.4. The molecule has 0 aliphatic rings. The van der Waals surface area contributed by atoms with Crippen LogP contribution in [-0.2, 0) is 0 Å². The van der Waals surface area contributed by atoms with Gasteiger partial charge >= 0.3 is 0 Å². The number of halogens is 1. The van der Waals surface area contributed by atoms with Gasteiger partial charge in [-0.15, -0.1) is 0 Å². The summed E-state index contributed by atoms with van der Waals surface area (Å²) in [5, 5.41) is 0. The van der Waals surface area contributed by atoms with Crippen molar-refractivity contribution in [1.29, 1.82) is 0 Å². The third-order valence-electron chi connectivity index (χ3n) is 2.08. The average Bonchev–Trinajstić information content (AvgIpc) is 2.61. The highest BCUT2D eigenvalue weighted by atomic mass is 19.1. The van der Waals surface area contributed by atoms with Crippen LogP contribution in [0.4, 0.5) is 10.4 Å². The second-order valence-corrected chi connectivity index (χ2v) is 3.29. The van der Waals surface area contributed by atoms with Crippen molar-refractivity contribution in [3.05, 3.63) is 35.8 Å². The number of hydrogen-bond donors (Lipinski definition) is 1. The Morgan fingerprint density at radius 2 is 2.00 bits per heavy atom. The van der Waals surface area contributed by atoms with E-state index in [2.05, 4.69) is 4.98 Å². The average molecular weight is 220 g/mol. The smallest absolute Gasteiger partial charge is 0.293 e. The van der Waals surface area contributed by atoms with Gasteiger partial charge in [0.05, 0.1) is 0 Å². The van der Waals surface area contributed by atoms with Crippen LogP contribution in [0.2, 0.25) is 0 Å². The van der Waals surface area contributed by atoms with Gasteiger partial charge in [0.2, 0.25) is 0 Å². The number of Topliss-reactive ketones (excluding diaryl/α,β-unsaturated/α-hetero) is 1. The van der Waals surface area contributed by atoms with Crippen LogP contribution in [0.25, 0.3) is 11.3 Å². The molecule has 0 radical (unpaired) electrons. The number of benzene rings is 1. The SMILES string of the molecule is CC(=O)c1oc(N)nc1-c1ccc(F)cc1. The number of rotatable bonds is 2. The van der Waals surface area contributed by atoms with Gasteiger partial charge in [0.25, 0.3) is 6.01 Å². The molecule has 0 atom stereocenters. The van der Waals surface area contributed by atoms with Gasteiger partial charge < -0.3 is 10.2 Å². The molecule has 0 amide bonds. The number of aromatic nitrogens is 1. The minimum atomic E-state index is -0.357. The third-order valence-corrected chi connectivity index (χ3v) is 2.08. The van der Waals surface area contributed by atoms with Gasteiger partial charge in [0.15, 0.2) is 11.5 Å². The highest BCUT2D eigenvalue weighted by Crippen LogP contribution is 2.25.